The van der Waals surface area contributed by atoms with E-state index in [9.17, 15) is 0 Å². The van der Waals surface area contributed by atoms with E-state index < -0.39 is 0 Å². The molecule has 0 aliphatic carbocycles. The van der Waals surface area contributed by atoms with Crippen LogP contribution in [0.15, 0.2) is 17.5 Å². The van der Waals surface area contributed by atoms with Crippen LogP contribution < -0.4 is 14.2 Å². The predicted molar refractivity (Wildman–Crippen MR) is 71.9 cm³/mol. The van der Waals surface area contributed by atoms with Gasteiger partial charge in [-0.3, -0.25) is 0 Å². The third kappa shape index (κ3) is 2.26. The van der Waals surface area contributed by atoms with Gasteiger partial charge in [0.15, 0.2) is 0 Å². The molecule has 96 valence electrons. The van der Waals surface area contributed by atoms with Gasteiger partial charge in [-0.25, -0.2) is 4.98 Å². The van der Waals surface area contributed by atoms with Crippen LogP contribution in [0.5, 0.6) is 17.4 Å². The van der Waals surface area contributed by atoms with Crippen molar-refractivity contribution < 1.29 is 14.2 Å². The molecule has 2 aromatic rings. The minimum atomic E-state index is 0.618. The minimum Gasteiger partial charge on any atom is -0.497 e. The fraction of sp³-hybridized carbons (Fsp3) is 0.308. The van der Waals surface area contributed by atoms with E-state index in [-0.39, 0.29) is 0 Å². The fourth-order valence-corrected chi connectivity index (χ4v) is 2.63. The summed E-state index contributed by atoms with van der Waals surface area (Å²) in [5.74, 6) is 2.15. The topological polar surface area (TPSA) is 40.6 Å². The van der Waals surface area contributed by atoms with Crippen molar-refractivity contribution in [2.24, 2.45) is 0 Å². The molecule has 5 heteroatoms. The summed E-state index contributed by atoms with van der Waals surface area (Å²) in [4.78, 5) is 4.40. The monoisotopic (exact) mass is 265 g/mol. The Bertz CT molecular complexity index is 551. The van der Waals surface area contributed by atoms with Crippen LogP contribution in [0.25, 0.3) is 10.6 Å². The number of methoxy groups -OCH3 is 3. The highest BCUT2D eigenvalue weighted by molar-refractivity contribution is 7.13. The summed E-state index contributed by atoms with van der Waals surface area (Å²) in [5, 5.41) is 2.75. The molecule has 2 rings (SSSR count). The first-order valence-corrected chi connectivity index (χ1v) is 6.30. The molecule has 0 fully saturated rings. The zero-order valence-corrected chi connectivity index (χ0v) is 11.6. The number of ether oxygens (including phenoxy) is 3. The van der Waals surface area contributed by atoms with Gasteiger partial charge in [0.2, 0.25) is 5.88 Å². The summed E-state index contributed by atoms with van der Waals surface area (Å²) in [5.41, 5.74) is 2.04. The molecule has 0 unspecified atom stereocenters. The van der Waals surface area contributed by atoms with Gasteiger partial charge in [-0.2, -0.15) is 0 Å². The molecule has 0 bridgehead atoms. The highest BCUT2D eigenvalue weighted by Gasteiger charge is 2.15. The van der Waals surface area contributed by atoms with Gasteiger partial charge in [-0.15, -0.1) is 11.3 Å². The van der Waals surface area contributed by atoms with E-state index in [0.717, 1.165) is 27.6 Å². The second kappa shape index (κ2) is 5.27. The number of aromatic nitrogens is 1. The van der Waals surface area contributed by atoms with E-state index in [1.165, 1.54) is 11.3 Å². The Morgan fingerprint density at radius 1 is 1.06 bits per heavy atom. The largest absolute Gasteiger partial charge is 0.497 e. The van der Waals surface area contributed by atoms with E-state index in [1.807, 2.05) is 24.4 Å². The van der Waals surface area contributed by atoms with Crippen LogP contribution in [-0.2, 0) is 0 Å². The average molecular weight is 265 g/mol. The molecule has 0 aliphatic heterocycles. The molecule has 1 aromatic heterocycles. The Kier molecular flexibility index (Phi) is 3.72. The van der Waals surface area contributed by atoms with Crippen LogP contribution in [0, 0.1) is 6.92 Å². The van der Waals surface area contributed by atoms with Crippen LogP contribution in [0.2, 0.25) is 0 Å². The molecule has 0 atom stereocenters. The van der Waals surface area contributed by atoms with Crippen molar-refractivity contribution in [3.63, 3.8) is 0 Å². The molecule has 0 radical (unpaired) electrons. The van der Waals surface area contributed by atoms with Crippen molar-refractivity contribution in [3.8, 4) is 28.0 Å². The van der Waals surface area contributed by atoms with Crippen LogP contribution in [0.3, 0.4) is 0 Å². The Labute approximate surface area is 110 Å². The van der Waals surface area contributed by atoms with Crippen molar-refractivity contribution in [2.45, 2.75) is 6.92 Å². The third-order valence-corrected chi connectivity index (χ3v) is 3.47. The number of thiazole rings is 1. The van der Waals surface area contributed by atoms with Gasteiger partial charge in [0, 0.05) is 6.07 Å². The Balaban J connectivity index is 2.55. The lowest BCUT2D eigenvalue weighted by Crippen LogP contribution is -1.93. The number of benzene rings is 1. The SMILES string of the molecule is COc1cc(C)c(-c2nc(OC)cs2)c(OC)c1. The first-order valence-electron chi connectivity index (χ1n) is 5.42. The molecular formula is C13H15NO3S. The van der Waals surface area contributed by atoms with Gasteiger partial charge in [-0.05, 0) is 18.6 Å². The number of aryl methyl sites for hydroxylation is 1. The molecule has 0 amide bonds. The zero-order valence-electron chi connectivity index (χ0n) is 10.8. The van der Waals surface area contributed by atoms with Gasteiger partial charge in [-0.1, -0.05) is 0 Å². The van der Waals surface area contributed by atoms with E-state index >= 15 is 0 Å². The van der Waals surface area contributed by atoms with Crippen LogP contribution in [-0.4, -0.2) is 26.3 Å². The predicted octanol–water partition coefficient (Wildman–Crippen LogP) is 3.14. The van der Waals surface area contributed by atoms with Crippen molar-refractivity contribution in [3.05, 3.63) is 23.1 Å². The lowest BCUT2D eigenvalue weighted by atomic mass is 10.1. The summed E-state index contributed by atoms with van der Waals surface area (Å²) >= 11 is 1.53. The number of hydrogen-bond donors (Lipinski definition) is 0. The highest BCUT2D eigenvalue weighted by Crippen LogP contribution is 2.39. The summed E-state index contributed by atoms with van der Waals surface area (Å²) in [6, 6.07) is 3.82. The van der Waals surface area contributed by atoms with Gasteiger partial charge in [0.1, 0.15) is 16.5 Å². The van der Waals surface area contributed by atoms with E-state index in [2.05, 4.69) is 4.98 Å². The minimum absolute atomic E-state index is 0.618. The van der Waals surface area contributed by atoms with Gasteiger partial charge < -0.3 is 14.2 Å². The van der Waals surface area contributed by atoms with Gasteiger partial charge in [0.25, 0.3) is 0 Å². The smallest absolute Gasteiger partial charge is 0.224 e. The van der Waals surface area contributed by atoms with Crippen LogP contribution in [0.4, 0.5) is 0 Å². The molecule has 4 nitrogen and oxygen atoms in total. The zero-order chi connectivity index (χ0) is 13.1. The van der Waals surface area contributed by atoms with Crippen molar-refractivity contribution in [2.75, 3.05) is 21.3 Å². The standard InChI is InChI=1S/C13H15NO3S/c1-8-5-9(15-2)6-10(16-3)12(8)13-14-11(17-4)7-18-13/h5-7H,1-4H3. The average Bonchev–Trinajstić information content (AvgIpc) is 2.85. The molecule has 0 N–H and O–H groups in total. The number of nitrogens with zero attached hydrogens (tertiary/aromatic N) is 1. The first-order chi connectivity index (χ1) is 8.69. The van der Waals surface area contributed by atoms with Gasteiger partial charge in [0.05, 0.1) is 32.3 Å². The van der Waals surface area contributed by atoms with Crippen molar-refractivity contribution in [1.29, 1.82) is 0 Å². The van der Waals surface area contributed by atoms with Crippen LogP contribution in [0.1, 0.15) is 5.56 Å². The van der Waals surface area contributed by atoms with E-state index in [1.54, 1.807) is 21.3 Å². The number of hydrogen-bond acceptors (Lipinski definition) is 5. The second-order valence-electron chi connectivity index (χ2n) is 3.72. The lowest BCUT2D eigenvalue weighted by molar-refractivity contribution is 0.394. The van der Waals surface area contributed by atoms with E-state index in [4.69, 9.17) is 14.2 Å². The Morgan fingerprint density at radius 3 is 2.39 bits per heavy atom. The maximum Gasteiger partial charge on any atom is 0.224 e. The van der Waals surface area contributed by atoms with E-state index in [0.29, 0.717) is 5.88 Å². The molecule has 0 spiro atoms. The summed E-state index contributed by atoms with van der Waals surface area (Å²) in [7, 11) is 4.89. The van der Waals surface area contributed by atoms with Gasteiger partial charge >= 0.3 is 0 Å². The molecule has 1 heterocycles. The molecule has 0 saturated carbocycles. The third-order valence-electron chi connectivity index (χ3n) is 2.63. The number of rotatable bonds is 4. The van der Waals surface area contributed by atoms with Crippen LogP contribution >= 0.6 is 11.3 Å². The lowest BCUT2D eigenvalue weighted by Gasteiger charge is -2.11. The summed E-state index contributed by atoms with van der Waals surface area (Å²) in [6.07, 6.45) is 0. The molecule has 0 aliphatic rings. The fourth-order valence-electron chi connectivity index (χ4n) is 1.74. The molecule has 1 aromatic carbocycles. The molecule has 0 saturated heterocycles. The quantitative estimate of drug-likeness (QED) is 0.851. The molecule has 18 heavy (non-hydrogen) atoms. The summed E-state index contributed by atoms with van der Waals surface area (Å²) in [6.45, 7) is 2.01. The van der Waals surface area contributed by atoms with Crippen molar-refractivity contribution in [1.82, 2.24) is 4.98 Å². The maximum absolute atomic E-state index is 5.41. The maximum atomic E-state index is 5.41. The first kappa shape index (κ1) is 12.7. The highest BCUT2D eigenvalue weighted by atomic mass is 32.1. The second-order valence-corrected chi connectivity index (χ2v) is 4.57. The Morgan fingerprint density at radius 2 is 1.83 bits per heavy atom. The molecular weight excluding hydrogens is 250 g/mol. The summed E-state index contributed by atoms with van der Waals surface area (Å²) < 4.78 is 15.8. The normalized spacial score (nSPS) is 10.2. The Hall–Kier alpha value is -1.75. The van der Waals surface area contributed by atoms with Crippen molar-refractivity contribution >= 4 is 11.3 Å².